The minimum absolute atomic E-state index is 0.113. The fourth-order valence-electron chi connectivity index (χ4n) is 1.38. The number of nitrogens with one attached hydrogen (secondary N) is 2. The van der Waals surface area contributed by atoms with Gasteiger partial charge in [0.1, 0.15) is 6.04 Å². The van der Waals surface area contributed by atoms with Crippen molar-refractivity contribution < 1.29 is 9.59 Å². The fourth-order valence-corrected chi connectivity index (χ4v) is 1.38. The number of carbonyl (C=O) groups is 2. The van der Waals surface area contributed by atoms with Crippen LogP contribution in [0, 0.1) is 5.92 Å². The van der Waals surface area contributed by atoms with Crippen LogP contribution in [0.1, 0.15) is 24.2 Å². The zero-order valence-corrected chi connectivity index (χ0v) is 9.69. The van der Waals surface area contributed by atoms with E-state index >= 15 is 0 Å². The number of carbonyl (C=O) groups excluding carboxylic acids is 2. The maximum absolute atomic E-state index is 11.7. The highest BCUT2D eigenvalue weighted by molar-refractivity contribution is 5.97. The molecule has 6 heteroatoms. The first-order chi connectivity index (χ1) is 7.91. The monoisotopic (exact) mass is 237 g/mol. The summed E-state index contributed by atoms with van der Waals surface area (Å²) >= 11 is 0. The van der Waals surface area contributed by atoms with Crippen molar-refractivity contribution in [3.63, 3.8) is 0 Å². The van der Waals surface area contributed by atoms with Crippen molar-refractivity contribution in [2.24, 2.45) is 11.7 Å². The molecular weight excluding hydrogens is 222 g/mol. The van der Waals surface area contributed by atoms with Crippen molar-refractivity contribution in [1.82, 2.24) is 10.3 Å². The van der Waals surface area contributed by atoms with E-state index in [-0.39, 0.29) is 17.0 Å². The first kappa shape index (κ1) is 13.0. The van der Waals surface area contributed by atoms with Crippen LogP contribution in [0.4, 0.5) is 0 Å². The van der Waals surface area contributed by atoms with Gasteiger partial charge in [0.25, 0.3) is 5.91 Å². The summed E-state index contributed by atoms with van der Waals surface area (Å²) in [6, 6.07) is 1.87. The minimum Gasteiger partial charge on any atom is -0.368 e. The summed E-state index contributed by atoms with van der Waals surface area (Å²) < 4.78 is 0. The van der Waals surface area contributed by atoms with Crippen LogP contribution in [0.15, 0.2) is 23.1 Å². The van der Waals surface area contributed by atoms with E-state index in [9.17, 15) is 14.4 Å². The summed E-state index contributed by atoms with van der Waals surface area (Å²) in [5, 5.41) is 2.49. The highest BCUT2D eigenvalue weighted by atomic mass is 16.2. The molecule has 2 amide bonds. The highest BCUT2D eigenvalue weighted by Crippen LogP contribution is 2.02. The first-order valence-electron chi connectivity index (χ1n) is 5.20. The lowest BCUT2D eigenvalue weighted by molar-refractivity contribution is -0.120. The molecule has 0 saturated carbocycles. The van der Waals surface area contributed by atoms with E-state index in [1.807, 2.05) is 0 Å². The van der Waals surface area contributed by atoms with Gasteiger partial charge in [-0.2, -0.15) is 0 Å². The van der Waals surface area contributed by atoms with Crippen LogP contribution < -0.4 is 16.6 Å². The zero-order chi connectivity index (χ0) is 13.0. The van der Waals surface area contributed by atoms with Gasteiger partial charge < -0.3 is 16.0 Å². The lowest BCUT2D eigenvalue weighted by Crippen LogP contribution is -2.47. The molecule has 92 valence electrons. The number of H-pyrrole nitrogens is 1. The second-order valence-electron chi connectivity index (χ2n) is 4.04. The van der Waals surface area contributed by atoms with Gasteiger partial charge in [-0.3, -0.25) is 14.4 Å². The quantitative estimate of drug-likeness (QED) is 0.664. The number of hydrogen-bond donors (Lipinski definition) is 3. The van der Waals surface area contributed by atoms with Crippen molar-refractivity contribution in [3.05, 3.63) is 34.2 Å². The maximum Gasteiger partial charge on any atom is 0.252 e. The molecule has 1 unspecified atom stereocenters. The molecule has 0 bridgehead atoms. The zero-order valence-electron chi connectivity index (χ0n) is 9.69. The normalized spacial score (nSPS) is 12.2. The molecule has 0 radical (unpaired) electrons. The minimum atomic E-state index is -0.748. The molecule has 0 aliphatic carbocycles. The van der Waals surface area contributed by atoms with Crippen LogP contribution in [0.25, 0.3) is 0 Å². The number of amides is 2. The van der Waals surface area contributed by atoms with Crippen LogP contribution in [0.5, 0.6) is 0 Å². The topological polar surface area (TPSA) is 105 Å². The molecule has 1 atom stereocenters. The highest BCUT2D eigenvalue weighted by Gasteiger charge is 2.22. The Hall–Kier alpha value is -2.11. The van der Waals surface area contributed by atoms with Gasteiger partial charge in [0.05, 0.1) is 0 Å². The lowest BCUT2D eigenvalue weighted by atomic mass is 10.0. The van der Waals surface area contributed by atoms with Crippen LogP contribution in [0.2, 0.25) is 0 Å². The molecule has 0 aliphatic rings. The van der Waals surface area contributed by atoms with Crippen LogP contribution >= 0.6 is 0 Å². The van der Waals surface area contributed by atoms with Crippen molar-refractivity contribution in [3.8, 4) is 0 Å². The van der Waals surface area contributed by atoms with Gasteiger partial charge in [0.2, 0.25) is 11.5 Å². The Morgan fingerprint density at radius 1 is 1.41 bits per heavy atom. The summed E-state index contributed by atoms with van der Waals surface area (Å²) in [6.07, 6.45) is 1.37. The molecule has 0 saturated heterocycles. The van der Waals surface area contributed by atoms with E-state index in [1.54, 1.807) is 13.8 Å². The number of primary amides is 1. The molecule has 6 nitrogen and oxygen atoms in total. The van der Waals surface area contributed by atoms with Crippen molar-refractivity contribution >= 4 is 11.8 Å². The van der Waals surface area contributed by atoms with Crippen molar-refractivity contribution in [2.75, 3.05) is 0 Å². The van der Waals surface area contributed by atoms with Crippen LogP contribution in [-0.4, -0.2) is 22.8 Å². The van der Waals surface area contributed by atoms with E-state index in [0.717, 1.165) is 6.07 Å². The smallest absolute Gasteiger partial charge is 0.252 e. The summed E-state index contributed by atoms with van der Waals surface area (Å²) in [4.78, 5) is 36.3. The van der Waals surface area contributed by atoms with Gasteiger partial charge in [-0.1, -0.05) is 13.8 Å². The second kappa shape index (κ2) is 5.29. The second-order valence-corrected chi connectivity index (χ2v) is 4.04. The molecular formula is C11H15N3O3. The first-order valence-corrected chi connectivity index (χ1v) is 5.20. The van der Waals surface area contributed by atoms with Gasteiger partial charge in [0.15, 0.2) is 0 Å². The Labute approximate surface area is 98.2 Å². The summed E-state index contributed by atoms with van der Waals surface area (Å²) in [5.74, 6) is -1.20. The van der Waals surface area contributed by atoms with Gasteiger partial charge in [-0.15, -0.1) is 0 Å². The number of pyridine rings is 1. The third-order valence-electron chi connectivity index (χ3n) is 2.30. The molecule has 1 rings (SSSR count). The van der Waals surface area contributed by atoms with Crippen LogP contribution in [-0.2, 0) is 4.79 Å². The number of hydrogen-bond acceptors (Lipinski definition) is 3. The van der Waals surface area contributed by atoms with Gasteiger partial charge in [0, 0.05) is 17.8 Å². The predicted octanol–water partition coefficient (Wildman–Crippen LogP) is -0.385. The molecule has 1 aromatic heterocycles. The van der Waals surface area contributed by atoms with Crippen molar-refractivity contribution in [1.29, 1.82) is 0 Å². The Kier molecular flexibility index (Phi) is 4.03. The average molecular weight is 237 g/mol. The van der Waals surface area contributed by atoms with Gasteiger partial charge >= 0.3 is 0 Å². The number of aromatic amines is 1. The van der Waals surface area contributed by atoms with E-state index < -0.39 is 17.9 Å². The van der Waals surface area contributed by atoms with Crippen molar-refractivity contribution in [2.45, 2.75) is 19.9 Å². The SMILES string of the molecule is CC(C)C(NC(=O)c1cc[nH]c(=O)c1)C(N)=O. The van der Waals surface area contributed by atoms with E-state index in [4.69, 9.17) is 5.73 Å². The number of aromatic nitrogens is 1. The Balaban J connectivity index is 2.85. The average Bonchev–Trinajstić information content (AvgIpc) is 2.24. The molecule has 17 heavy (non-hydrogen) atoms. The number of rotatable bonds is 4. The molecule has 0 aliphatic heterocycles. The van der Waals surface area contributed by atoms with Gasteiger partial charge in [-0.05, 0) is 12.0 Å². The Bertz CT molecular complexity index is 479. The van der Waals surface area contributed by atoms with Gasteiger partial charge in [-0.25, -0.2) is 0 Å². The third-order valence-corrected chi connectivity index (χ3v) is 2.30. The van der Waals surface area contributed by atoms with Crippen LogP contribution in [0.3, 0.4) is 0 Å². The summed E-state index contributed by atoms with van der Waals surface area (Å²) in [6.45, 7) is 3.54. The largest absolute Gasteiger partial charge is 0.368 e. The van der Waals surface area contributed by atoms with E-state index in [2.05, 4.69) is 10.3 Å². The Morgan fingerprint density at radius 3 is 2.53 bits per heavy atom. The maximum atomic E-state index is 11.7. The summed E-state index contributed by atoms with van der Waals surface area (Å²) in [7, 11) is 0. The fraction of sp³-hybridized carbons (Fsp3) is 0.364. The standard InChI is InChI=1S/C11H15N3O3/c1-6(2)9(10(12)16)14-11(17)7-3-4-13-8(15)5-7/h3-6,9H,1-2H3,(H2,12,16)(H,13,15)(H,14,17). The predicted molar refractivity (Wildman–Crippen MR) is 62.3 cm³/mol. The molecule has 1 heterocycles. The Morgan fingerprint density at radius 2 is 2.06 bits per heavy atom. The van der Waals surface area contributed by atoms with E-state index in [0.29, 0.717) is 0 Å². The molecule has 0 fully saturated rings. The molecule has 1 aromatic rings. The number of nitrogens with two attached hydrogens (primary N) is 1. The lowest BCUT2D eigenvalue weighted by Gasteiger charge is -2.18. The third kappa shape index (κ3) is 3.44. The summed E-state index contributed by atoms with van der Waals surface area (Å²) in [5.41, 5.74) is 4.99. The molecule has 0 aromatic carbocycles. The van der Waals surface area contributed by atoms with E-state index in [1.165, 1.54) is 12.3 Å². The molecule has 0 spiro atoms. The molecule has 4 N–H and O–H groups in total.